The van der Waals surface area contributed by atoms with Crippen LogP contribution in [-0.4, -0.2) is 47.8 Å². The van der Waals surface area contributed by atoms with E-state index in [1.165, 1.54) is 0 Å². The molecule has 21 heavy (non-hydrogen) atoms. The van der Waals surface area contributed by atoms with E-state index in [0.717, 1.165) is 0 Å². The fraction of sp³-hybridized carbons (Fsp3) is 0.562. The molecule has 1 fully saturated rings. The number of amides is 1. The monoisotopic (exact) mass is 293 g/mol. The van der Waals surface area contributed by atoms with Crippen molar-refractivity contribution in [3.05, 3.63) is 24.3 Å². The number of hydrogen-bond donors (Lipinski definition) is 1. The standard InChI is InChI=1S/C16H23NO4/c1-3-20-13-6-4-5-7-14(13)21-12-15(18)17-10-8-16(2,19)9-11-17/h4-7,19H,3,8-12H2,1-2H3. The quantitative estimate of drug-likeness (QED) is 0.900. The fourth-order valence-corrected chi connectivity index (χ4v) is 2.31. The number of carbonyl (C=O) groups is 1. The average Bonchev–Trinajstić information content (AvgIpc) is 2.46. The molecule has 0 atom stereocenters. The fourth-order valence-electron chi connectivity index (χ4n) is 2.31. The first kappa shape index (κ1) is 15.6. The first-order valence-corrected chi connectivity index (χ1v) is 7.36. The van der Waals surface area contributed by atoms with Crippen molar-refractivity contribution in [2.45, 2.75) is 32.3 Å². The molecule has 0 saturated carbocycles. The van der Waals surface area contributed by atoms with Crippen LogP contribution in [0.4, 0.5) is 0 Å². The van der Waals surface area contributed by atoms with Gasteiger partial charge in [0, 0.05) is 13.1 Å². The van der Waals surface area contributed by atoms with Gasteiger partial charge in [0.05, 0.1) is 12.2 Å². The Morgan fingerprint density at radius 2 is 1.81 bits per heavy atom. The topological polar surface area (TPSA) is 59.0 Å². The molecule has 5 nitrogen and oxygen atoms in total. The Kier molecular flexibility index (Phi) is 5.07. The Labute approximate surface area is 125 Å². The molecule has 1 amide bonds. The van der Waals surface area contributed by atoms with Crippen LogP contribution in [0.15, 0.2) is 24.3 Å². The Hall–Kier alpha value is -1.75. The maximum Gasteiger partial charge on any atom is 0.260 e. The van der Waals surface area contributed by atoms with Crippen LogP contribution in [-0.2, 0) is 4.79 Å². The van der Waals surface area contributed by atoms with Gasteiger partial charge in [0.1, 0.15) is 0 Å². The molecule has 0 radical (unpaired) electrons. The third-order valence-electron chi connectivity index (χ3n) is 3.69. The van der Waals surface area contributed by atoms with E-state index in [2.05, 4.69) is 0 Å². The van der Waals surface area contributed by atoms with Gasteiger partial charge in [-0.2, -0.15) is 0 Å². The van der Waals surface area contributed by atoms with Crippen LogP contribution in [0.3, 0.4) is 0 Å². The summed E-state index contributed by atoms with van der Waals surface area (Å²) in [6.45, 7) is 5.40. The van der Waals surface area contributed by atoms with Crippen LogP contribution < -0.4 is 9.47 Å². The molecular formula is C16H23NO4. The number of aliphatic hydroxyl groups is 1. The highest BCUT2D eigenvalue weighted by Gasteiger charge is 2.29. The zero-order chi connectivity index (χ0) is 15.3. The number of benzene rings is 1. The van der Waals surface area contributed by atoms with Crippen molar-refractivity contribution < 1.29 is 19.4 Å². The van der Waals surface area contributed by atoms with Gasteiger partial charge >= 0.3 is 0 Å². The molecule has 1 heterocycles. The number of nitrogens with zero attached hydrogens (tertiary/aromatic N) is 1. The Balaban J connectivity index is 1.87. The van der Waals surface area contributed by atoms with Crippen molar-refractivity contribution in [1.82, 2.24) is 4.90 Å². The van der Waals surface area contributed by atoms with E-state index in [0.29, 0.717) is 44.0 Å². The lowest BCUT2D eigenvalue weighted by Gasteiger charge is -2.35. The maximum atomic E-state index is 12.1. The van der Waals surface area contributed by atoms with Gasteiger partial charge in [-0.3, -0.25) is 4.79 Å². The Morgan fingerprint density at radius 3 is 2.38 bits per heavy atom. The highest BCUT2D eigenvalue weighted by atomic mass is 16.5. The number of hydrogen-bond acceptors (Lipinski definition) is 4. The molecule has 1 aromatic carbocycles. The van der Waals surface area contributed by atoms with E-state index >= 15 is 0 Å². The SMILES string of the molecule is CCOc1ccccc1OCC(=O)N1CCC(C)(O)CC1. The van der Waals surface area contributed by atoms with Gasteiger partial charge in [-0.15, -0.1) is 0 Å². The lowest BCUT2D eigenvalue weighted by molar-refractivity contribution is -0.137. The molecule has 2 rings (SSSR count). The first-order valence-electron chi connectivity index (χ1n) is 7.36. The molecule has 0 unspecified atom stereocenters. The van der Waals surface area contributed by atoms with Gasteiger partial charge in [0.2, 0.25) is 0 Å². The van der Waals surface area contributed by atoms with Gasteiger partial charge in [0.15, 0.2) is 18.1 Å². The minimum absolute atomic E-state index is 0.00771. The predicted octanol–water partition coefficient (Wildman–Crippen LogP) is 1.84. The maximum absolute atomic E-state index is 12.1. The minimum Gasteiger partial charge on any atom is -0.490 e. The molecule has 116 valence electrons. The van der Waals surface area contributed by atoms with Crippen LogP contribution in [0, 0.1) is 0 Å². The van der Waals surface area contributed by atoms with E-state index in [1.54, 1.807) is 11.0 Å². The molecule has 0 spiro atoms. The lowest BCUT2D eigenvalue weighted by Crippen LogP contribution is -2.46. The summed E-state index contributed by atoms with van der Waals surface area (Å²) in [4.78, 5) is 13.9. The zero-order valence-corrected chi connectivity index (χ0v) is 12.7. The molecule has 1 N–H and O–H groups in total. The van der Waals surface area contributed by atoms with Crippen LogP contribution >= 0.6 is 0 Å². The van der Waals surface area contributed by atoms with Gasteiger partial charge < -0.3 is 19.5 Å². The summed E-state index contributed by atoms with van der Waals surface area (Å²) in [6.07, 6.45) is 1.21. The molecule has 0 aliphatic carbocycles. The van der Waals surface area contributed by atoms with E-state index in [9.17, 15) is 9.90 Å². The van der Waals surface area contributed by atoms with Gasteiger partial charge in [-0.1, -0.05) is 12.1 Å². The lowest BCUT2D eigenvalue weighted by atomic mass is 9.94. The van der Waals surface area contributed by atoms with Crippen molar-refractivity contribution in [3.8, 4) is 11.5 Å². The van der Waals surface area contributed by atoms with Crippen molar-refractivity contribution >= 4 is 5.91 Å². The van der Waals surface area contributed by atoms with Crippen molar-refractivity contribution in [2.24, 2.45) is 0 Å². The molecule has 1 aromatic rings. The van der Waals surface area contributed by atoms with Crippen LogP contribution in [0.2, 0.25) is 0 Å². The van der Waals surface area contributed by atoms with Gasteiger partial charge in [-0.25, -0.2) is 0 Å². The molecule has 0 bridgehead atoms. The van der Waals surface area contributed by atoms with Crippen LogP contribution in [0.5, 0.6) is 11.5 Å². The van der Waals surface area contributed by atoms with Crippen LogP contribution in [0.25, 0.3) is 0 Å². The minimum atomic E-state index is -0.654. The molecule has 1 saturated heterocycles. The molecule has 1 aliphatic rings. The van der Waals surface area contributed by atoms with Crippen molar-refractivity contribution in [1.29, 1.82) is 0 Å². The molecule has 0 aromatic heterocycles. The Morgan fingerprint density at radius 1 is 1.24 bits per heavy atom. The molecule has 5 heteroatoms. The third-order valence-corrected chi connectivity index (χ3v) is 3.69. The number of piperidine rings is 1. The number of ether oxygens (including phenoxy) is 2. The highest BCUT2D eigenvalue weighted by Crippen LogP contribution is 2.26. The molecule has 1 aliphatic heterocycles. The van der Waals surface area contributed by atoms with E-state index in [4.69, 9.17) is 9.47 Å². The summed E-state index contributed by atoms with van der Waals surface area (Å²) in [5.41, 5.74) is -0.654. The van der Waals surface area contributed by atoms with Crippen molar-refractivity contribution in [2.75, 3.05) is 26.3 Å². The number of rotatable bonds is 5. The summed E-state index contributed by atoms with van der Waals surface area (Å²) >= 11 is 0. The highest BCUT2D eigenvalue weighted by molar-refractivity contribution is 5.78. The van der Waals surface area contributed by atoms with Gasteiger partial charge in [-0.05, 0) is 38.8 Å². The second-order valence-electron chi connectivity index (χ2n) is 5.55. The predicted molar refractivity (Wildman–Crippen MR) is 79.5 cm³/mol. The third kappa shape index (κ3) is 4.36. The summed E-state index contributed by atoms with van der Waals surface area (Å²) in [5, 5.41) is 9.89. The van der Waals surface area contributed by atoms with Crippen molar-refractivity contribution in [3.63, 3.8) is 0 Å². The zero-order valence-electron chi connectivity index (χ0n) is 12.7. The summed E-state index contributed by atoms with van der Waals surface area (Å²) in [6, 6.07) is 7.33. The number of carbonyl (C=O) groups excluding carboxylic acids is 1. The summed E-state index contributed by atoms with van der Waals surface area (Å²) in [5.74, 6) is 1.17. The summed E-state index contributed by atoms with van der Waals surface area (Å²) < 4.78 is 11.0. The number of likely N-dealkylation sites (tertiary alicyclic amines) is 1. The van der Waals surface area contributed by atoms with E-state index in [1.807, 2.05) is 32.0 Å². The smallest absolute Gasteiger partial charge is 0.260 e. The van der Waals surface area contributed by atoms with E-state index in [-0.39, 0.29) is 12.5 Å². The largest absolute Gasteiger partial charge is 0.490 e. The van der Waals surface area contributed by atoms with E-state index < -0.39 is 5.60 Å². The Bertz CT molecular complexity index is 477. The molecular weight excluding hydrogens is 270 g/mol. The van der Waals surface area contributed by atoms with Gasteiger partial charge in [0.25, 0.3) is 5.91 Å². The number of para-hydroxylation sites is 2. The second kappa shape index (κ2) is 6.80. The van der Waals surface area contributed by atoms with Crippen LogP contribution in [0.1, 0.15) is 26.7 Å². The second-order valence-corrected chi connectivity index (χ2v) is 5.55. The average molecular weight is 293 g/mol. The first-order chi connectivity index (χ1) is 10.0. The summed E-state index contributed by atoms with van der Waals surface area (Å²) in [7, 11) is 0. The normalized spacial score (nSPS) is 17.4.